The normalized spacial score (nSPS) is 10.8. The number of nitrogens with zero attached hydrogens (tertiary/aromatic N) is 2. The number of hydrogen-bond donors (Lipinski definition) is 1. The average molecular weight is 341 g/mol. The van der Waals surface area contributed by atoms with E-state index in [1.54, 1.807) is 24.1 Å². The number of fused-ring (bicyclic) bond motifs is 1. The average Bonchev–Trinajstić information content (AvgIpc) is 3.02. The second-order valence-electron chi connectivity index (χ2n) is 5.77. The molecule has 2 aromatic carbocycles. The number of carbonyl (C=O) groups is 1. The maximum atomic E-state index is 13.1. The molecule has 0 atom stereocenters. The zero-order chi connectivity index (χ0) is 17.6. The molecule has 0 bridgehead atoms. The van der Waals surface area contributed by atoms with Crippen molar-refractivity contribution in [3.8, 4) is 5.75 Å². The van der Waals surface area contributed by atoms with Crippen LogP contribution < -0.4 is 10.1 Å². The second kappa shape index (κ2) is 7.79. The number of methoxy groups -OCH3 is 1. The van der Waals surface area contributed by atoms with E-state index in [1.165, 1.54) is 12.1 Å². The van der Waals surface area contributed by atoms with E-state index in [4.69, 9.17) is 4.74 Å². The number of halogens is 1. The zero-order valence-electron chi connectivity index (χ0n) is 14.0. The highest BCUT2D eigenvalue weighted by molar-refractivity contribution is 5.80. The third kappa shape index (κ3) is 4.35. The standard InChI is InChI=1S/C19H20FN3O2/c1-25-17-5-6-18-15(12-17)13-22-23(18)10-8-19(24)21-9-7-14-3-2-4-16(20)11-14/h2-6,11-13H,7-10H2,1H3,(H,21,24). The first-order chi connectivity index (χ1) is 12.2. The van der Waals surface area contributed by atoms with Crippen LogP contribution in [0.15, 0.2) is 48.7 Å². The van der Waals surface area contributed by atoms with Crippen LogP contribution in [0.25, 0.3) is 10.9 Å². The highest BCUT2D eigenvalue weighted by Crippen LogP contribution is 2.20. The number of nitrogens with one attached hydrogen (secondary N) is 1. The van der Waals surface area contributed by atoms with Gasteiger partial charge in [0.25, 0.3) is 0 Å². The molecule has 1 amide bonds. The number of rotatable bonds is 7. The number of aromatic nitrogens is 2. The van der Waals surface area contributed by atoms with Gasteiger partial charge in [-0.2, -0.15) is 5.10 Å². The van der Waals surface area contributed by atoms with E-state index in [0.29, 0.717) is 25.9 Å². The van der Waals surface area contributed by atoms with E-state index in [-0.39, 0.29) is 11.7 Å². The summed E-state index contributed by atoms with van der Waals surface area (Å²) in [5, 5.41) is 8.15. The van der Waals surface area contributed by atoms with Gasteiger partial charge in [-0.3, -0.25) is 9.48 Å². The van der Waals surface area contributed by atoms with Gasteiger partial charge >= 0.3 is 0 Å². The molecule has 0 radical (unpaired) electrons. The summed E-state index contributed by atoms with van der Waals surface area (Å²) < 4.78 is 20.1. The summed E-state index contributed by atoms with van der Waals surface area (Å²) in [5.74, 6) is 0.474. The topological polar surface area (TPSA) is 56.2 Å². The molecule has 3 aromatic rings. The van der Waals surface area contributed by atoms with Crippen LogP contribution in [0, 0.1) is 5.82 Å². The van der Waals surface area contributed by atoms with Crippen molar-refractivity contribution >= 4 is 16.8 Å². The Labute approximate surface area is 145 Å². The molecule has 25 heavy (non-hydrogen) atoms. The molecule has 0 saturated carbocycles. The molecule has 6 heteroatoms. The van der Waals surface area contributed by atoms with E-state index in [1.807, 2.05) is 24.3 Å². The van der Waals surface area contributed by atoms with Crippen molar-refractivity contribution < 1.29 is 13.9 Å². The first kappa shape index (κ1) is 17.0. The van der Waals surface area contributed by atoms with Gasteiger partial charge in [0, 0.05) is 18.4 Å². The van der Waals surface area contributed by atoms with E-state index in [0.717, 1.165) is 22.2 Å². The Morgan fingerprint density at radius 2 is 2.16 bits per heavy atom. The van der Waals surface area contributed by atoms with E-state index < -0.39 is 0 Å². The summed E-state index contributed by atoms with van der Waals surface area (Å²) >= 11 is 0. The minimum absolute atomic E-state index is 0.0476. The predicted molar refractivity (Wildman–Crippen MR) is 94.0 cm³/mol. The van der Waals surface area contributed by atoms with Crippen molar-refractivity contribution in [2.24, 2.45) is 0 Å². The fraction of sp³-hybridized carbons (Fsp3) is 0.263. The van der Waals surface area contributed by atoms with Crippen molar-refractivity contribution in [2.45, 2.75) is 19.4 Å². The van der Waals surface area contributed by atoms with Crippen LogP contribution in [-0.2, 0) is 17.8 Å². The Kier molecular flexibility index (Phi) is 5.28. The van der Waals surface area contributed by atoms with Crippen molar-refractivity contribution in [3.05, 3.63) is 60.0 Å². The van der Waals surface area contributed by atoms with E-state index in [9.17, 15) is 9.18 Å². The van der Waals surface area contributed by atoms with Gasteiger partial charge in [-0.1, -0.05) is 12.1 Å². The molecule has 0 fully saturated rings. The Balaban J connectivity index is 1.49. The van der Waals surface area contributed by atoms with Gasteiger partial charge in [-0.15, -0.1) is 0 Å². The highest BCUT2D eigenvalue weighted by atomic mass is 19.1. The molecular weight excluding hydrogens is 321 g/mol. The minimum Gasteiger partial charge on any atom is -0.497 e. The molecule has 5 nitrogen and oxygen atoms in total. The Morgan fingerprint density at radius 3 is 2.96 bits per heavy atom. The van der Waals surface area contributed by atoms with Crippen LogP contribution >= 0.6 is 0 Å². The number of ether oxygens (including phenoxy) is 1. The molecule has 0 saturated heterocycles. The summed E-state index contributed by atoms with van der Waals surface area (Å²) in [7, 11) is 1.62. The third-order valence-corrected chi connectivity index (χ3v) is 4.02. The van der Waals surface area contributed by atoms with Gasteiger partial charge in [0.05, 0.1) is 25.4 Å². The molecule has 1 aromatic heterocycles. The Hall–Kier alpha value is -2.89. The van der Waals surface area contributed by atoms with Crippen molar-refractivity contribution in [3.63, 3.8) is 0 Å². The molecule has 0 aliphatic carbocycles. The van der Waals surface area contributed by atoms with Gasteiger partial charge < -0.3 is 10.1 Å². The molecule has 130 valence electrons. The summed E-state index contributed by atoms with van der Waals surface area (Å²) in [5.41, 5.74) is 1.83. The van der Waals surface area contributed by atoms with Crippen LogP contribution in [0.1, 0.15) is 12.0 Å². The quantitative estimate of drug-likeness (QED) is 0.719. The molecule has 1 heterocycles. The summed E-state index contributed by atoms with van der Waals surface area (Å²) in [6.07, 6.45) is 2.71. The van der Waals surface area contributed by atoms with Crippen LogP contribution in [0.3, 0.4) is 0 Å². The van der Waals surface area contributed by atoms with Crippen LogP contribution in [0.4, 0.5) is 4.39 Å². The van der Waals surface area contributed by atoms with Crippen LogP contribution in [-0.4, -0.2) is 29.3 Å². The van der Waals surface area contributed by atoms with Gasteiger partial charge in [-0.25, -0.2) is 4.39 Å². The third-order valence-electron chi connectivity index (χ3n) is 4.02. The van der Waals surface area contributed by atoms with Crippen molar-refractivity contribution in [1.29, 1.82) is 0 Å². The fourth-order valence-electron chi connectivity index (χ4n) is 2.70. The predicted octanol–water partition coefficient (Wildman–Crippen LogP) is 2.93. The highest BCUT2D eigenvalue weighted by Gasteiger charge is 2.07. The van der Waals surface area contributed by atoms with Gasteiger partial charge in [0.2, 0.25) is 5.91 Å². The lowest BCUT2D eigenvalue weighted by molar-refractivity contribution is -0.121. The maximum Gasteiger partial charge on any atom is 0.221 e. The Morgan fingerprint density at radius 1 is 1.28 bits per heavy atom. The van der Waals surface area contributed by atoms with Crippen LogP contribution in [0.2, 0.25) is 0 Å². The molecule has 0 unspecified atom stereocenters. The lowest BCUT2D eigenvalue weighted by Gasteiger charge is -2.07. The summed E-state index contributed by atoms with van der Waals surface area (Å²) in [6.45, 7) is 0.987. The molecule has 0 spiro atoms. The largest absolute Gasteiger partial charge is 0.497 e. The van der Waals surface area contributed by atoms with E-state index in [2.05, 4.69) is 10.4 Å². The monoisotopic (exact) mass is 341 g/mol. The SMILES string of the molecule is COc1ccc2c(cnn2CCC(=O)NCCc2cccc(F)c2)c1. The number of carbonyl (C=O) groups excluding carboxylic acids is 1. The van der Waals surface area contributed by atoms with E-state index >= 15 is 0 Å². The van der Waals surface area contributed by atoms with Gasteiger partial charge in [0.15, 0.2) is 0 Å². The maximum absolute atomic E-state index is 13.1. The lowest BCUT2D eigenvalue weighted by Crippen LogP contribution is -2.26. The van der Waals surface area contributed by atoms with Crippen molar-refractivity contribution in [2.75, 3.05) is 13.7 Å². The fourth-order valence-corrected chi connectivity index (χ4v) is 2.70. The number of hydrogen-bond acceptors (Lipinski definition) is 3. The molecule has 1 N–H and O–H groups in total. The molecular formula is C19H20FN3O2. The summed E-state index contributed by atoms with van der Waals surface area (Å²) in [4.78, 5) is 12.0. The zero-order valence-corrected chi connectivity index (χ0v) is 14.0. The minimum atomic E-state index is -0.258. The van der Waals surface area contributed by atoms with Crippen LogP contribution in [0.5, 0.6) is 5.75 Å². The number of amides is 1. The molecule has 0 aliphatic rings. The first-order valence-corrected chi connectivity index (χ1v) is 8.16. The Bertz CT molecular complexity index is 876. The second-order valence-corrected chi connectivity index (χ2v) is 5.77. The number of aryl methyl sites for hydroxylation is 1. The van der Waals surface area contributed by atoms with Gasteiger partial charge in [0.1, 0.15) is 11.6 Å². The van der Waals surface area contributed by atoms with Gasteiger partial charge in [-0.05, 0) is 42.3 Å². The first-order valence-electron chi connectivity index (χ1n) is 8.16. The smallest absolute Gasteiger partial charge is 0.221 e. The summed E-state index contributed by atoms with van der Waals surface area (Å²) in [6, 6.07) is 12.1. The lowest BCUT2D eigenvalue weighted by atomic mass is 10.1. The van der Waals surface area contributed by atoms with Crippen molar-refractivity contribution in [1.82, 2.24) is 15.1 Å². The molecule has 0 aliphatic heterocycles. The molecule has 3 rings (SSSR count). The number of benzene rings is 2.